The van der Waals surface area contributed by atoms with Gasteiger partial charge in [-0.05, 0) is 24.6 Å². The number of amides is 1. The second-order valence-corrected chi connectivity index (χ2v) is 4.36. The maximum absolute atomic E-state index is 12.2. The van der Waals surface area contributed by atoms with Gasteiger partial charge in [-0.25, -0.2) is 9.97 Å². The number of aromatic nitrogens is 2. The SMILES string of the molecule is CCCNc1ccccc1C(=O)NCc1ccncn1. The van der Waals surface area contributed by atoms with Gasteiger partial charge in [-0.3, -0.25) is 4.79 Å². The van der Waals surface area contributed by atoms with E-state index in [1.54, 1.807) is 12.3 Å². The zero-order valence-electron chi connectivity index (χ0n) is 11.5. The first-order valence-electron chi connectivity index (χ1n) is 6.67. The second kappa shape index (κ2) is 7.23. The van der Waals surface area contributed by atoms with Gasteiger partial charge in [0.2, 0.25) is 0 Å². The first kappa shape index (κ1) is 14.0. The summed E-state index contributed by atoms with van der Waals surface area (Å²) in [7, 11) is 0. The van der Waals surface area contributed by atoms with Crippen LogP contribution in [-0.2, 0) is 6.54 Å². The quantitative estimate of drug-likeness (QED) is 0.844. The summed E-state index contributed by atoms with van der Waals surface area (Å²) in [5, 5.41) is 6.12. The van der Waals surface area contributed by atoms with E-state index in [0.717, 1.165) is 24.3 Å². The molecule has 0 saturated heterocycles. The molecule has 5 nitrogen and oxygen atoms in total. The highest BCUT2D eigenvalue weighted by atomic mass is 16.1. The predicted molar refractivity (Wildman–Crippen MR) is 78.4 cm³/mol. The molecule has 2 N–H and O–H groups in total. The van der Waals surface area contributed by atoms with Crippen LogP contribution in [0, 0.1) is 0 Å². The highest BCUT2D eigenvalue weighted by Gasteiger charge is 2.10. The summed E-state index contributed by atoms with van der Waals surface area (Å²) in [6.45, 7) is 3.32. The molecule has 1 aromatic carbocycles. The molecule has 5 heteroatoms. The van der Waals surface area contributed by atoms with Crippen molar-refractivity contribution < 1.29 is 4.79 Å². The van der Waals surface area contributed by atoms with Crippen molar-refractivity contribution in [3.8, 4) is 0 Å². The summed E-state index contributed by atoms with van der Waals surface area (Å²) in [5.41, 5.74) is 2.29. The lowest BCUT2D eigenvalue weighted by Gasteiger charge is -2.11. The Bertz CT molecular complexity index is 557. The molecule has 1 aromatic heterocycles. The summed E-state index contributed by atoms with van der Waals surface area (Å²) in [6.07, 6.45) is 4.14. The average molecular weight is 270 g/mol. The Morgan fingerprint density at radius 1 is 1.25 bits per heavy atom. The van der Waals surface area contributed by atoms with Gasteiger partial charge in [-0.1, -0.05) is 19.1 Å². The number of carbonyl (C=O) groups excluding carboxylic acids is 1. The van der Waals surface area contributed by atoms with Crippen LogP contribution < -0.4 is 10.6 Å². The van der Waals surface area contributed by atoms with Crippen molar-refractivity contribution in [2.75, 3.05) is 11.9 Å². The molecule has 0 fully saturated rings. The van der Waals surface area contributed by atoms with Gasteiger partial charge in [-0.15, -0.1) is 0 Å². The van der Waals surface area contributed by atoms with E-state index in [1.807, 2.05) is 24.3 Å². The number of anilines is 1. The third kappa shape index (κ3) is 3.78. The van der Waals surface area contributed by atoms with Gasteiger partial charge in [0, 0.05) is 18.4 Å². The number of benzene rings is 1. The number of nitrogens with zero attached hydrogens (tertiary/aromatic N) is 2. The Labute approximate surface area is 118 Å². The Balaban J connectivity index is 2.01. The largest absolute Gasteiger partial charge is 0.384 e. The summed E-state index contributed by atoms with van der Waals surface area (Å²) in [4.78, 5) is 20.1. The van der Waals surface area contributed by atoms with Gasteiger partial charge >= 0.3 is 0 Å². The van der Waals surface area contributed by atoms with Crippen LogP contribution in [-0.4, -0.2) is 22.4 Å². The molecule has 0 spiro atoms. The molecule has 0 unspecified atom stereocenters. The molecule has 20 heavy (non-hydrogen) atoms. The van der Waals surface area contributed by atoms with Crippen molar-refractivity contribution in [1.82, 2.24) is 15.3 Å². The first-order valence-corrected chi connectivity index (χ1v) is 6.67. The van der Waals surface area contributed by atoms with Gasteiger partial charge in [0.1, 0.15) is 6.33 Å². The second-order valence-electron chi connectivity index (χ2n) is 4.36. The summed E-state index contributed by atoms with van der Waals surface area (Å²) < 4.78 is 0. The molecule has 1 heterocycles. The Morgan fingerprint density at radius 2 is 2.10 bits per heavy atom. The van der Waals surface area contributed by atoms with Crippen LogP contribution in [0.3, 0.4) is 0 Å². The third-order valence-electron chi connectivity index (χ3n) is 2.81. The maximum Gasteiger partial charge on any atom is 0.253 e. The van der Waals surface area contributed by atoms with Crippen LogP contribution in [0.1, 0.15) is 29.4 Å². The van der Waals surface area contributed by atoms with Gasteiger partial charge in [0.05, 0.1) is 17.8 Å². The number of carbonyl (C=O) groups is 1. The fourth-order valence-electron chi connectivity index (χ4n) is 1.78. The zero-order chi connectivity index (χ0) is 14.2. The third-order valence-corrected chi connectivity index (χ3v) is 2.81. The molecular formula is C15H18N4O. The molecule has 104 valence electrons. The monoisotopic (exact) mass is 270 g/mol. The van der Waals surface area contributed by atoms with Crippen molar-refractivity contribution in [2.24, 2.45) is 0 Å². The molecular weight excluding hydrogens is 252 g/mol. The van der Waals surface area contributed by atoms with Gasteiger partial charge in [0.15, 0.2) is 0 Å². The van der Waals surface area contributed by atoms with E-state index in [1.165, 1.54) is 6.33 Å². The highest BCUT2D eigenvalue weighted by molar-refractivity contribution is 5.99. The average Bonchev–Trinajstić information content (AvgIpc) is 2.52. The van der Waals surface area contributed by atoms with Crippen molar-refractivity contribution in [3.05, 3.63) is 54.1 Å². The van der Waals surface area contributed by atoms with Crippen LogP contribution in [0.2, 0.25) is 0 Å². The molecule has 0 bridgehead atoms. The lowest BCUT2D eigenvalue weighted by Crippen LogP contribution is -2.24. The fourth-order valence-corrected chi connectivity index (χ4v) is 1.78. The molecule has 0 atom stereocenters. The summed E-state index contributed by atoms with van der Waals surface area (Å²) >= 11 is 0. The van der Waals surface area contributed by atoms with Gasteiger partial charge < -0.3 is 10.6 Å². The van der Waals surface area contributed by atoms with Crippen molar-refractivity contribution in [1.29, 1.82) is 0 Å². The minimum Gasteiger partial charge on any atom is -0.384 e. The van der Waals surface area contributed by atoms with E-state index in [4.69, 9.17) is 0 Å². The lowest BCUT2D eigenvalue weighted by molar-refractivity contribution is 0.0951. The zero-order valence-corrected chi connectivity index (χ0v) is 11.5. The van der Waals surface area contributed by atoms with E-state index in [-0.39, 0.29) is 5.91 Å². The van der Waals surface area contributed by atoms with Crippen LogP contribution in [0.4, 0.5) is 5.69 Å². The van der Waals surface area contributed by atoms with Crippen molar-refractivity contribution in [3.63, 3.8) is 0 Å². The van der Waals surface area contributed by atoms with Crippen molar-refractivity contribution in [2.45, 2.75) is 19.9 Å². The number of hydrogen-bond donors (Lipinski definition) is 2. The number of rotatable bonds is 6. The molecule has 0 aliphatic heterocycles. The van der Waals surface area contributed by atoms with Gasteiger partial charge in [0.25, 0.3) is 5.91 Å². The minimum atomic E-state index is -0.109. The van der Waals surface area contributed by atoms with Gasteiger partial charge in [-0.2, -0.15) is 0 Å². The Morgan fingerprint density at radius 3 is 2.85 bits per heavy atom. The molecule has 2 aromatic rings. The maximum atomic E-state index is 12.2. The summed E-state index contributed by atoms with van der Waals surface area (Å²) in [6, 6.07) is 9.28. The summed E-state index contributed by atoms with van der Waals surface area (Å²) in [5.74, 6) is -0.109. The normalized spacial score (nSPS) is 10.1. The first-order chi connectivity index (χ1) is 9.81. The Kier molecular flexibility index (Phi) is 5.06. The van der Waals surface area contributed by atoms with E-state index in [2.05, 4.69) is 27.5 Å². The van der Waals surface area contributed by atoms with Crippen LogP contribution in [0.5, 0.6) is 0 Å². The number of nitrogens with one attached hydrogen (secondary N) is 2. The van der Waals surface area contributed by atoms with Crippen molar-refractivity contribution >= 4 is 11.6 Å². The smallest absolute Gasteiger partial charge is 0.253 e. The molecule has 2 rings (SSSR count). The molecule has 0 radical (unpaired) electrons. The van der Waals surface area contributed by atoms with E-state index >= 15 is 0 Å². The minimum absolute atomic E-state index is 0.109. The van der Waals surface area contributed by atoms with Crippen LogP contribution in [0.25, 0.3) is 0 Å². The number of hydrogen-bond acceptors (Lipinski definition) is 4. The van der Waals surface area contributed by atoms with Crippen LogP contribution >= 0.6 is 0 Å². The van der Waals surface area contributed by atoms with E-state index in [0.29, 0.717) is 12.1 Å². The topological polar surface area (TPSA) is 66.9 Å². The van der Waals surface area contributed by atoms with Crippen LogP contribution in [0.15, 0.2) is 42.9 Å². The molecule has 0 aliphatic carbocycles. The van der Waals surface area contributed by atoms with E-state index < -0.39 is 0 Å². The number of para-hydroxylation sites is 1. The molecule has 1 amide bonds. The molecule has 0 saturated carbocycles. The Hall–Kier alpha value is -2.43. The lowest BCUT2D eigenvalue weighted by atomic mass is 10.1. The fraction of sp³-hybridized carbons (Fsp3) is 0.267. The van der Waals surface area contributed by atoms with E-state index in [9.17, 15) is 4.79 Å². The molecule has 0 aliphatic rings. The highest BCUT2D eigenvalue weighted by Crippen LogP contribution is 2.14. The predicted octanol–water partition coefficient (Wildman–Crippen LogP) is 2.23. The standard InChI is InChI=1S/C15H18N4O/c1-2-8-17-14-6-4-3-5-13(14)15(20)18-10-12-7-9-16-11-19-12/h3-7,9,11,17H,2,8,10H2,1H3,(H,18,20).